The number of imidazole rings is 1. The molecule has 0 aliphatic carbocycles. The molecule has 2 aromatic heterocycles. The summed E-state index contributed by atoms with van der Waals surface area (Å²) in [7, 11) is 0. The highest BCUT2D eigenvalue weighted by Gasteiger charge is 2.41. The molecular formula is C20H28N6O. The number of aromatic nitrogens is 4. The summed E-state index contributed by atoms with van der Waals surface area (Å²) in [6, 6.07) is 0. The predicted octanol–water partition coefficient (Wildman–Crippen LogP) is 2.22. The Balaban J connectivity index is 1.44. The molecule has 1 spiro atoms. The lowest BCUT2D eigenvalue weighted by molar-refractivity contribution is -0.140. The second-order valence-electron chi connectivity index (χ2n) is 8.19. The molecule has 2 aromatic rings. The number of hydrogen-bond donors (Lipinski definition) is 1. The maximum absolute atomic E-state index is 12.5. The van der Waals surface area contributed by atoms with Crippen LogP contribution in [0.3, 0.4) is 0 Å². The normalized spacial score (nSPS) is 23.9. The highest BCUT2D eigenvalue weighted by Crippen LogP contribution is 2.39. The largest absolute Gasteiger partial charge is 0.348 e. The summed E-state index contributed by atoms with van der Waals surface area (Å²) in [5, 5.41) is 0. The molecule has 2 aliphatic rings. The smallest absolute Gasteiger partial charge is 0.222 e. The molecule has 7 nitrogen and oxygen atoms in total. The average Bonchev–Trinajstić information content (AvgIpc) is 3.05. The van der Waals surface area contributed by atoms with E-state index < -0.39 is 0 Å². The van der Waals surface area contributed by atoms with Gasteiger partial charge in [-0.25, -0.2) is 4.98 Å². The van der Waals surface area contributed by atoms with Crippen molar-refractivity contribution in [2.45, 2.75) is 52.6 Å². The fourth-order valence-electron chi connectivity index (χ4n) is 4.48. The van der Waals surface area contributed by atoms with Crippen molar-refractivity contribution in [1.29, 1.82) is 0 Å². The van der Waals surface area contributed by atoms with E-state index in [2.05, 4.69) is 31.8 Å². The van der Waals surface area contributed by atoms with Gasteiger partial charge in [0.1, 0.15) is 0 Å². The van der Waals surface area contributed by atoms with Gasteiger partial charge in [0.15, 0.2) is 0 Å². The van der Waals surface area contributed by atoms with Gasteiger partial charge in [-0.15, -0.1) is 0 Å². The van der Waals surface area contributed by atoms with Crippen LogP contribution in [-0.4, -0.2) is 55.3 Å². The molecule has 7 heteroatoms. The number of nitrogens with one attached hydrogen (secondary N) is 1. The summed E-state index contributed by atoms with van der Waals surface area (Å²) < 4.78 is 0. The quantitative estimate of drug-likeness (QED) is 0.895. The van der Waals surface area contributed by atoms with Crippen LogP contribution < -0.4 is 0 Å². The molecule has 1 atom stereocenters. The van der Waals surface area contributed by atoms with E-state index in [1.54, 1.807) is 18.7 Å². The lowest BCUT2D eigenvalue weighted by Crippen LogP contribution is -2.53. The number of piperidine rings is 2. The van der Waals surface area contributed by atoms with Crippen molar-refractivity contribution in [3.8, 4) is 0 Å². The van der Waals surface area contributed by atoms with Crippen molar-refractivity contribution in [3.63, 3.8) is 0 Å². The molecule has 144 valence electrons. The van der Waals surface area contributed by atoms with E-state index in [4.69, 9.17) is 0 Å². The Kier molecular flexibility index (Phi) is 4.95. The third kappa shape index (κ3) is 4.03. The van der Waals surface area contributed by atoms with Crippen LogP contribution in [0, 0.1) is 19.3 Å². The fraction of sp³-hybridized carbons (Fsp3) is 0.600. The molecule has 0 radical (unpaired) electrons. The molecule has 27 heavy (non-hydrogen) atoms. The molecule has 0 unspecified atom stereocenters. The number of likely N-dealkylation sites (tertiary alicyclic amines) is 2. The molecule has 0 aromatic carbocycles. The first kappa shape index (κ1) is 18.1. The molecular weight excluding hydrogens is 340 g/mol. The fourth-order valence-corrected chi connectivity index (χ4v) is 4.48. The SMILES string of the molecule is Cc1cnc(CN2C[C@@]3(CCCN(Cc4nc[nH]c4C)C3)CCC2=O)cn1. The van der Waals surface area contributed by atoms with Crippen molar-refractivity contribution in [1.82, 2.24) is 29.7 Å². The number of carbonyl (C=O) groups is 1. The maximum Gasteiger partial charge on any atom is 0.222 e. The van der Waals surface area contributed by atoms with Crippen molar-refractivity contribution in [2.75, 3.05) is 19.6 Å². The molecule has 2 aliphatic heterocycles. The van der Waals surface area contributed by atoms with E-state index in [0.29, 0.717) is 13.0 Å². The van der Waals surface area contributed by atoms with Crippen molar-refractivity contribution in [2.24, 2.45) is 5.41 Å². The topological polar surface area (TPSA) is 78.0 Å². The number of aryl methyl sites for hydroxylation is 2. The summed E-state index contributed by atoms with van der Waals surface area (Å²) in [6.07, 6.45) is 9.31. The van der Waals surface area contributed by atoms with Crippen LogP contribution in [0.1, 0.15) is 48.5 Å². The van der Waals surface area contributed by atoms with Gasteiger partial charge in [0.2, 0.25) is 5.91 Å². The molecule has 2 fully saturated rings. The van der Waals surface area contributed by atoms with E-state index in [-0.39, 0.29) is 11.3 Å². The van der Waals surface area contributed by atoms with Crippen LogP contribution in [0.4, 0.5) is 0 Å². The first-order valence-electron chi connectivity index (χ1n) is 9.80. The highest BCUT2D eigenvalue weighted by molar-refractivity contribution is 5.77. The van der Waals surface area contributed by atoms with E-state index >= 15 is 0 Å². The second kappa shape index (κ2) is 7.38. The Hall–Kier alpha value is -2.28. The zero-order valence-corrected chi connectivity index (χ0v) is 16.2. The third-order valence-electron chi connectivity index (χ3n) is 5.98. The van der Waals surface area contributed by atoms with Gasteiger partial charge in [-0.05, 0) is 39.7 Å². The zero-order valence-electron chi connectivity index (χ0n) is 16.2. The lowest BCUT2D eigenvalue weighted by atomic mass is 9.73. The van der Waals surface area contributed by atoms with E-state index in [1.165, 1.54) is 12.8 Å². The third-order valence-corrected chi connectivity index (χ3v) is 5.98. The Labute approximate surface area is 160 Å². The second-order valence-corrected chi connectivity index (χ2v) is 8.19. The summed E-state index contributed by atoms with van der Waals surface area (Å²) in [6.45, 7) is 8.40. The summed E-state index contributed by atoms with van der Waals surface area (Å²) in [5.74, 6) is 0.239. The zero-order chi connectivity index (χ0) is 18.9. The van der Waals surface area contributed by atoms with Crippen molar-refractivity contribution in [3.05, 3.63) is 41.5 Å². The molecule has 4 rings (SSSR count). The van der Waals surface area contributed by atoms with Crippen molar-refractivity contribution < 1.29 is 4.79 Å². The van der Waals surface area contributed by atoms with Gasteiger partial charge in [0, 0.05) is 43.4 Å². The minimum atomic E-state index is 0.189. The van der Waals surface area contributed by atoms with Gasteiger partial charge in [-0.3, -0.25) is 19.7 Å². The van der Waals surface area contributed by atoms with Crippen LogP contribution in [-0.2, 0) is 17.9 Å². The van der Waals surface area contributed by atoms with Crippen LogP contribution in [0.5, 0.6) is 0 Å². The summed E-state index contributed by atoms with van der Waals surface area (Å²) in [4.78, 5) is 33.4. The molecule has 2 saturated heterocycles. The Morgan fingerprint density at radius 3 is 2.74 bits per heavy atom. The van der Waals surface area contributed by atoms with Gasteiger partial charge in [-0.1, -0.05) is 0 Å². The monoisotopic (exact) mass is 368 g/mol. The number of H-pyrrole nitrogens is 1. The standard InChI is InChI=1S/C20H28N6O/c1-15-8-22-17(9-21-15)10-26-13-20(6-4-19(26)27)5-3-7-25(12-20)11-18-16(2)23-14-24-18/h8-9,14H,3-7,10-13H2,1-2H3,(H,23,24)/t20-/m0/s1. The van der Waals surface area contributed by atoms with Gasteiger partial charge < -0.3 is 9.88 Å². The minimum Gasteiger partial charge on any atom is -0.348 e. The molecule has 0 saturated carbocycles. The van der Waals surface area contributed by atoms with Gasteiger partial charge >= 0.3 is 0 Å². The van der Waals surface area contributed by atoms with Gasteiger partial charge in [-0.2, -0.15) is 0 Å². The molecule has 0 bridgehead atoms. The lowest BCUT2D eigenvalue weighted by Gasteiger charge is -2.48. The van der Waals surface area contributed by atoms with Crippen molar-refractivity contribution >= 4 is 5.91 Å². The number of rotatable bonds is 4. The summed E-state index contributed by atoms with van der Waals surface area (Å²) >= 11 is 0. The van der Waals surface area contributed by atoms with E-state index in [9.17, 15) is 4.79 Å². The predicted molar refractivity (Wildman–Crippen MR) is 102 cm³/mol. The number of amides is 1. The van der Waals surface area contributed by atoms with Gasteiger partial charge in [0.25, 0.3) is 0 Å². The Morgan fingerprint density at radius 1 is 1.11 bits per heavy atom. The number of carbonyl (C=O) groups excluding carboxylic acids is 1. The van der Waals surface area contributed by atoms with Crippen LogP contribution in [0.2, 0.25) is 0 Å². The molecule has 4 heterocycles. The molecule has 1 amide bonds. The van der Waals surface area contributed by atoms with Crippen LogP contribution in [0.15, 0.2) is 18.7 Å². The first-order valence-corrected chi connectivity index (χ1v) is 9.80. The Bertz CT molecular complexity index is 801. The van der Waals surface area contributed by atoms with Gasteiger partial charge in [0.05, 0.1) is 36.2 Å². The Morgan fingerprint density at radius 2 is 2.00 bits per heavy atom. The van der Waals surface area contributed by atoms with Crippen LogP contribution >= 0.6 is 0 Å². The van der Waals surface area contributed by atoms with E-state index in [1.807, 2.05) is 11.8 Å². The highest BCUT2D eigenvalue weighted by atomic mass is 16.2. The number of nitrogens with zero attached hydrogens (tertiary/aromatic N) is 5. The number of hydrogen-bond acceptors (Lipinski definition) is 5. The summed E-state index contributed by atoms with van der Waals surface area (Å²) in [5.41, 5.74) is 4.23. The minimum absolute atomic E-state index is 0.189. The average molecular weight is 368 g/mol. The number of aromatic amines is 1. The van der Waals surface area contributed by atoms with E-state index in [0.717, 1.165) is 55.4 Å². The maximum atomic E-state index is 12.5. The molecule has 1 N–H and O–H groups in total. The van der Waals surface area contributed by atoms with Crippen LogP contribution in [0.25, 0.3) is 0 Å². The first-order chi connectivity index (χ1) is 13.0.